The van der Waals surface area contributed by atoms with Gasteiger partial charge in [0, 0.05) is 53.0 Å². The van der Waals surface area contributed by atoms with E-state index >= 15 is 0 Å². The van der Waals surface area contributed by atoms with E-state index in [-0.39, 0.29) is 11.9 Å². The number of nitrogens with zero attached hydrogens (tertiary/aromatic N) is 2. The summed E-state index contributed by atoms with van der Waals surface area (Å²) in [4.78, 5) is 15.9. The number of hydrogen-bond donors (Lipinski definition) is 0. The molecule has 3 rings (SSSR count). The Labute approximate surface area is 145 Å². The highest BCUT2D eigenvalue weighted by Gasteiger charge is 2.28. The van der Waals surface area contributed by atoms with Gasteiger partial charge in [0.1, 0.15) is 0 Å². The van der Waals surface area contributed by atoms with E-state index < -0.39 is 10.8 Å². The number of carbonyl (C=O) groups is 1. The van der Waals surface area contributed by atoms with E-state index in [0.29, 0.717) is 5.56 Å². The molecule has 4 nitrogen and oxygen atoms in total. The minimum absolute atomic E-state index is 0.0662. The predicted molar refractivity (Wildman–Crippen MR) is 96.4 cm³/mol. The number of aromatic nitrogens is 1. The van der Waals surface area contributed by atoms with Gasteiger partial charge in [-0.2, -0.15) is 0 Å². The number of hydrogen-bond acceptors (Lipinski definition) is 2. The Morgan fingerprint density at radius 3 is 2.50 bits per heavy atom. The molecule has 1 aliphatic heterocycles. The summed E-state index contributed by atoms with van der Waals surface area (Å²) in [5.41, 5.74) is 1.86. The second-order valence-electron chi connectivity index (χ2n) is 6.39. The van der Waals surface area contributed by atoms with Crippen LogP contribution in [0.2, 0.25) is 0 Å². The molecule has 2 aromatic rings. The molecule has 1 saturated heterocycles. The van der Waals surface area contributed by atoms with E-state index in [1.807, 2.05) is 24.2 Å². The van der Waals surface area contributed by atoms with Gasteiger partial charge in [-0.1, -0.05) is 12.8 Å². The molecule has 0 radical (unpaired) electrons. The fourth-order valence-corrected chi connectivity index (χ4v) is 3.95. The van der Waals surface area contributed by atoms with Crippen molar-refractivity contribution < 1.29 is 9.00 Å². The molecule has 1 amide bonds. The van der Waals surface area contributed by atoms with Crippen molar-refractivity contribution in [2.45, 2.75) is 36.6 Å². The molecule has 2 unspecified atom stereocenters. The lowest BCUT2D eigenvalue weighted by Crippen LogP contribution is -2.35. The van der Waals surface area contributed by atoms with Gasteiger partial charge in [0.2, 0.25) is 0 Å². The minimum Gasteiger partial charge on any atom is -0.353 e. The molecule has 0 saturated carbocycles. The van der Waals surface area contributed by atoms with Crippen LogP contribution in [0.1, 0.15) is 47.8 Å². The summed E-state index contributed by atoms with van der Waals surface area (Å²) in [5.74, 6) is 0.0662. The first-order valence-electron chi connectivity index (χ1n) is 8.43. The third-order valence-corrected chi connectivity index (χ3v) is 5.71. The molecule has 0 aliphatic carbocycles. The third kappa shape index (κ3) is 3.46. The Hall–Kier alpha value is -1.88. The zero-order chi connectivity index (χ0) is 17.1. The zero-order valence-corrected chi connectivity index (χ0v) is 15.1. The van der Waals surface area contributed by atoms with Gasteiger partial charge in [-0.25, -0.2) is 0 Å². The fourth-order valence-electron chi connectivity index (χ4n) is 3.43. The number of aryl methyl sites for hydroxylation is 1. The maximum atomic E-state index is 13.1. The molecule has 1 fully saturated rings. The van der Waals surface area contributed by atoms with Crippen molar-refractivity contribution >= 4 is 16.7 Å². The van der Waals surface area contributed by atoms with Crippen molar-refractivity contribution in [2.75, 3.05) is 12.8 Å². The van der Waals surface area contributed by atoms with Gasteiger partial charge < -0.3 is 9.47 Å². The summed E-state index contributed by atoms with van der Waals surface area (Å²) in [6, 6.07) is 11.4. The van der Waals surface area contributed by atoms with Gasteiger partial charge in [-0.05, 0) is 49.2 Å². The van der Waals surface area contributed by atoms with Gasteiger partial charge in [0.25, 0.3) is 5.91 Å². The number of carbonyl (C=O) groups excluding carboxylic acids is 1. The van der Waals surface area contributed by atoms with Crippen LogP contribution in [0.25, 0.3) is 0 Å². The second kappa shape index (κ2) is 7.34. The van der Waals surface area contributed by atoms with Crippen LogP contribution in [0.4, 0.5) is 0 Å². The van der Waals surface area contributed by atoms with Crippen molar-refractivity contribution in [3.05, 3.63) is 53.9 Å². The van der Waals surface area contributed by atoms with Crippen LogP contribution in [0, 0.1) is 0 Å². The first kappa shape index (κ1) is 17.0. The van der Waals surface area contributed by atoms with Crippen LogP contribution in [0.5, 0.6) is 0 Å². The van der Waals surface area contributed by atoms with Crippen molar-refractivity contribution in [1.29, 1.82) is 0 Å². The number of rotatable bonds is 3. The highest BCUT2D eigenvalue weighted by Crippen LogP contribution is 2.31. The van der Waals surface area contributed by atoms with E-state index in [4.69, 9.17) is 0 Å². The number of benzene rings is 1. The lowest BCUT2D eigenvalue weighted by molar-refractivity contribution is 0.0674. The Morgan fingerprint density at radius 2 is 1.88 bits per heavy atom. The summed E-state index contributed by atoms with van der Waals surface area (Å²) in [6.07, 6.45) is 8.04. The Morgan fingerprint density at radius 1 is 1.12 bits per heavy atom. The van der Waals surface area contributed by atoms with Crippen LogP contribution in [0.15, 0.2) is 47.5 Å². The average molecular weight is 344 g/mol. The summed E-state index contributed by atoms with van der Waals surface area (Å²) in [7, 11) is 1.02. The van der Waals surface area contributed by atoms with E-state index in [1.54, 1.807) is 30.5 Å². The topological polar surface area (TPSA) is 42.3 Å². The number of amides is 1. The summed E-state index contributed by atoms with van der Waals surface area (Å²) in [5, 5.41) is 0. The maximum Gasteiger partial charge on any atom is 0.254 e. The molecule has 24 heavy (non-hydrogen) atoms. The molecular weight excluding hydrogens is 320 g/mol. The Bertz CT molecular complexity index is 736. The van der Waals surface area contributed by atoms with Gasteiger partial charge in [-0.15, -0.1) is 0 Å². The molecule has 2 heterocycles. The molecule has 2 atom stereocenters. The van der Waals surface area contributed by atoms with Crippen molar-refractivity contribution in [3.8, 4) is 0 Å². The van der Waals surface area contributed by atoms with Crippen LogP contribution < -0.4 is 0 Å². The largest absolute Gasteiger partial charge is 0.353 e. The maximum absolute atomic E-state index is 13.1. The monoisotopic (exact) mass is 344 g/mol. The van der Waals surface area contributed by atoms with E-state index in [0.717, 1.165) is 30.7 Å². The average Bonchev–Trinajstić information content (AvgIpc) is 2.86. The van der Waals surface area contributed by atoms with Crippen molar-refractivity contribution in [1.82, 2.24) is 9.47 Å². The third-order valence-electron chi connectivity index (χ3n) is 4.77. The predicted octanol–water partition coefficient (Wildman–Crippen LogP) is 3.52. The van der Waals surface area contributed by atoms with Crippen LogP contribution >= 0.6 is 0 Å². The molecular formula is C19H24N2O2S. The first-order chi connectivity index (χ1) is 11.6. The molecule has 1 aromatic carbocycles. The molecule has 0 bridgehead atoms. The van der Waals surface area contributed by atoms with Crippen LogP contribution in [0.3, 0.4) is 0 Å². The van der Waals surface area contributed by atoms with Gasteiger partial charge in [-0.3, -0.25) is 9.00 Å². The Kier molecular flexibility index (Phi) is 5.19. The molecule has 1 aliphatic rings. The summed E-state index contributed by atoms with van der Waals surface area (Å²) >= 11 is 0. The summed E-state index contributed by atoms with van der Waals surface area (Å²) in [6.45, 7) is 0.788. The minimum atomic E-state index is -1.02. The molecule has 0 N–H and O–H groups in total. The molecule has 128 valence electrons. The van der Waals surface area contributed by atoms with E-state index in [1.165, 1.54) is 12.1 Å². The van der Waals surface area contributed by atoms with Crippen LogP contribution in [-0.4, -0.2) is 32.4 Å². The molecule has 1 aromatic heterocycles. The van der Waals surface area contributed by atoms with Gasteiger partial charge >= 0.3 is 0 Å². The zero-order valence-electron chi connectivity index (χ0n) is 14.3. The first-order valence-corrected chi connectivity index (χ1v) is 9.99. The normalized spacial score (nSPS) is 19.8. The standard InChI is InChI=1S/C19H24N2O2S/c1-20-13-6-8-17(20)18-7-4-3-5-14-21(18)19(22)15-9-11-16(12-10-15)24(2)23/h6,8-13,18H,3-5,7,14H2,1-2H3. The van der Waals surface area contributed by atoms with Crippen molar-refractivity contribution in [2.24, 2.45) is 7.05 Å². The quantitative estimate of drug-likeness (QED) is 0.855. The summed E-state index contributed by atoms with van der Waals surface area (Å²) < 4.78 is 13.6. The van der Waals surface area contributed by atoms with Crippen molar-refractivity contribution in [3.63, 3.8) is 0 Å². The van der Waals surface area contributed by atoms with Crippen LogP contribution in [-0.2, 0) is 17.8 Å². The highest BCUT2D eigenvalue weighted by molar-refractivity contribution is 7.84. The molecule has 5 heteroatoms. The number of likely N-dealkylation sites (tertiary alicyclic amines) is 1. The fraction of sp³-hybridized carbons (Fsp3) is 0.421. The lowest BCUT2D eigenvalue weighted by atomic mass is 10.1. The van der Waals surface area contributed by atoms with E-state index in [2.05, 4.69) is 10.6 Å². The second-order valence-corrected chi connectivity index (χ2v) is 7.77. The van der Waals surface area contributed by atoms with Gasteiger partial charge in [0.05, 0.1) is 6.04 Å². The van der Waals surface area contributed by atoms with E-state index in [9.17, 15) is 9.00 Å². The highest BCUT2D eigenvalue weighted by atomic mass is 32.2. The smallest absolute Gasteiger partial charge is 0.254 e. The van der Waals surface area contributed by atoms with Gasteiger partial charge in [0.15, 0.2) is 0 Å². The molecule has 0 spiro atoms. The SMILES string of the molecule is Cn1cccc1C1CCCCCN1C(=O)c1ccc(S(C)=O)cc1. The Balaban J connectivity index is 1.89. The lowest BCUT2D eigenvalue weighted by Gasteiger charge is -2.30.